The monoisotopic (exact) mass is 276 g/mol. The molecule has 2 rings (SSSR count). The molecule has 1 heterocycles. The maximum Gasteiger partial charge on any atom is 0.226 e. The fourth-order valence-corrected chi connectivity index (χ4v) is 2.39. The predicted molar refractivity (Wildman–Crippen MR) is 82.2 cm³/mol. The highest BCUT2D eigenvalue weighted by atomic mass is 16.5. The second-order valence-electron chi connectivity index (χ2n) is 5.61. The lowest BCUT2D eigenvalue weighted by Crippen LogP contribution is -2.36. The van der Waals surface area contributed by atoms with Crippen LogP contribution in [-0.2, 0) is 9.53 Å². The molecule has 0 unspecified atom stereocenters. The highest BCUT2D eigenvalue weighted by molar-refractivity contribution is 5.92. The van der Waals surface area contributed by atoms with Crippen molar-refractivity contribution < 1.29 is 9.53 Å². The number of methoxy groups -OCH3 is 1. The molecule has 0 bridgehead atoms. The second kappa shape index (κ2) is 6.75. The predicted octanol–water partition coefficient (Wildman–Crippen LogP) is 2.90. The molecule has 0 saturated carbocycles. The highest BCUT2D eigenvalue weighted by Crippen LogP contribution is 2.23. The van der Waals surface area contributed by atoms with Gasteiger partial charge in [0.25, 0.3) is 0 Å². The standard InChI is InChI=1S/C16H24N2O2/c1-12(2)16(19)17-13-4-6-14(7-5-13)18-10-8-15(20-3)9-11-18/h4-7,12,15H,8-11H2,1-3H3,(H,17,19). The summed E-state index contributed by atoms with van der Waals surface area (Å²) in [5.41, 5.74) is 2.07. The van der Waals surface area contributed by atoms with E-state index in [9.17, 15) is 4.79 Å². The molecule has 1 aromatic carbocycles. The summed E-state index contributed by atoms with van der Waals surface area (Å²) < 4.78 is 5.39. The zero-order chi connectivity index (χ0) is 14.5. The summed E-state index contributed by atoms with van der Waals surface area (Å²) in [5.74, 6) is 0.0569. The summed E-state index contributed by atoms with van der Waals surface area (Å²) in [4.78, 5) is 14.0. The number of piperidine rings is 1. The first-order chi connectivity index (χ1) is 9.60. The molecular formula is C16H24N2O2. The van der Waals surface area contributed by atoms with Gasteiger partial charge in [0.05, 0.1) is 6.10 Å². The van der Waals surface area contributed by atoms with Crippen LogP contribution >= 0.6 is 0 Å². The maximum absolute atomic E-state index is 11.6. The molecule has 0 spiro atoms. The van der Waals surface area contributed by atoms with E-state index < -0.39 is 0 Å². The largest absolute Gasteiger partial charge is 0.381 e. The lowest BCUT2D eigenvalue weighted by molar-refractivity contribution is -0.118. The molecule has 20 heavy (non-hydrogen) atoms. The van der Waals surface area contributed by atoms with E-state index in [4.69, 9.17) is 4.74 Å². The van der Waals surface area contributed by atoms with Crippen LogP contribution in [0.5, 0.6) is 0 Å². The first-order valence-corrected chi connectivity index (χ1v) is 7.29. The van der Waals surface area contributed by atoms with Crippen molar-refractivity contribution in [2.75, 3.05) is 30.4 Å². The van der Waals surface area contributed by atoms with E-state index in [1.807, 2.05) is 26.0 Å². The van der Waals surface area contributed by atoms with E-state index in [0.717, 1.165) is 31.6 Å². The summed E-state index contributed by atoms with van der Waals surface area (Å²) in [6, 6.07) is 8.09. The Balaban J connectivity index is 1.93. The Hall–Kier alpha value is -1.55. The van der Waals surface area contributed by atoms with Crippen molar-refractivity contribution in [2.24, 2.45) is 5.92 Å². The van der Waals surface area contributed by atoms with Crippen LogP contribution in [0.15, 0.2) is 24.3 Å². The van der Waals surface area contributed by atoms with Crippen LogP contribution in [0, 0.1) is 5.92 Å². The number of rotatable bonds is 4. The van der Waals surface area contributed by atoms with Gasteiger partial charge in [-0.1, -0.05) is 13.8 Å². The minimum atomic E-state index is 0.00254. The van der Waals surface area contributed by atoms with Gasteiger partial charge in [0.2, 0.25) is 5.91 Å². The summed E-state index contributed by atoms with van der Waals surface area (Å²) in [7, 11) is 1.78. The molecule has 0 radical (unpaired) electrons. The van der Waals surface area contributed by atoms with E-state index in [0.29, 0.717) is 6.10 Å². The number of benzene rings is 1. The number of hydrogen-bond donors (Lipinski definition) is 1. The van der Waals surface area contributed by atoms with Crippen LogP contribution in [-0.4, -0.2) is 32.2 Å². The molecule has 1 fully saturated rings. The van der Waals surface area contributed by atoms with E-state index in [2.05, 4.69) is 22.3 Å². The molecule has 0 aromatic heterocycles. The summed E-state index contributed by atoms with van der Waals surface area (Å²) in [6.07, 6.45) is 2.54. The van der Waals surface area contributed by atoms with Crippen molar-refractivity contribution in [3.8, 4) is 0 Å². The normalized spacial score (nSPS) is 16.5. The van der Waals surface area contributed by atoms with Gasteiger partial charge in [-0.2, -0.15) is 0 Å². The fourth-order valence-electron chi connectivity index (χ4n) is 2.39. The van der Waals surface area contributed by atoms with E-state index in [1.165, 1.54) is 5.69 Å². The zero-order valence-electron chi connectivity index (χ0n) is 12.6. The molecule has 1 saturated heterocycles. The number of ether oxygens (including phenoxy) is 1. The SMILES string of the molecule is COC1CCN(c2ccc(NC(=O)C(C)C)cc2)CC1. The third kappa shape index (κ3) is 3.73. The average molecular weight is 276 g/mol. The van der Waals surface area contributed by atoms with Gasteiger partial charge in [0, 0.05) is 37.5 Å². The van der Waals surface area contributed by atoms with Crippen molar-refractivity contribution in [3.63, 3.8) is 0 Å². The van der Waals surface area contributed by atoms with Crippen LogP contribution in [0.1, 0.15) is 26.7 Å². The third-order valence-corrected chi connectivity index (χ3v) is 3.80. The van der Waals surface area contributed by atoms with Gasteiger partial charge in [0.15, 0.2) is 0 Å². The lowest BCUT2D eigenvalue weighted by Gasteiger charge is -2.33. The van der Waals surface area contributed by atoms with Crippen molar-refractivity contribution in [2.45, 2.75) is 32.8 Å². The minimum absolute atomic E-state index is 0.00254. The number of amides is 1. The Morgan fingerprint density at radius 2 is 1.85 bits per heavy atom. The van der Waals surface area contributed by atoms with Crippen LogP contribution in [0.2, 0.25) is 0 Å². The Bertz CT molecular complexity index is 434. The topological polar surface area (TPSA) is 41.6 Å². The Morgan fingerprint density at radius 3 is 2.35 bits per heavy atom. The fraction of sp³-hybridized carbons (Fsp3) is 0.562. The van der Waals surface area contributed by atoms with Gasteiger partial charge in [-0.05, 0) is 37.1 Å². The van der Waals surface area contributed by atoms with Gasteiger partial charge in [-0.3, -0.25) is 4.79 Å². The van der Waals surface area contributed by atoms with Crippen molar-refractivity contribution in [1.29, 1.82) is 0 Å². The number of anilines is 2. The van der Waals surface area contributed by atoms with Gasteiger partial charge in [0.1, 0.15) is 0 Å². The Labute approximate surface area is 121 Å². The molecule has 110 valence electrons. The van der Waals surface area contributed by atoms with E-state index in [-0.39, 0.29) is 11.8 Å². The number of nitrogens with zero attached hydrogens (tertiary/aromatic N) is 1. The molecule has 1 N–H and O–H groups in total. The molecule has 0 aliphatic carbocycles. The third-order valence-electron chi connectivity index (χ3n) is 3.80. The van der Waals surface area contributed by atoms with Gasteiger partial charge in [-0.15, -0.1) is 0 Å². The molecule has 4 nitrogen and oxygen atoms in total. The minimum Gasteiger partial charge on any atom is -0.381 e. The number of hydrogen-bond acceptors (Lipinski definition) is 3. The first kappa shape index (κ1) is 14.9. The summed E-state index contributed by atoms with van der Waals surface area (Å²) in [6.45, 7) is 5.83. The average Bonchev–Trinajstić information content (AvgIpc) is 2.48. The van der Waals surface area contributed by atoms with Crippen LogP contribution in [0.3, 0.4) is 0 Å². The number of carbonyl (C=O) groups excluding carboxylic acids is 1. The molecule has 1 aliphatic heterocycles. The molecule has 0 atom stereocenters. The summed E-state index contributed by atoms with van der Waals surface area (Å²) >= 11 is 0. The maximum atomic E-state index is 11.6. The van der Waals surface area contributed by atoms with Gasteiger partial charge >= 0.3 is 0 Å². The van der Waals surface area contributed by atoms with Crippen LogP contribution in [0.4, 0.5) is 11.4 Å². The first-order valence-electron chi connectivity index (χ1n) is 7.29. The van der Waals surface area contributed by atoms with E-state index in [1.54, 1.807) is 7.11 Å². The zero-order valence-corrected chi connectivity index (χ0v) is 12.6. The van der Waals surface area contributed by atoms with Gasteiger partial charge in [-0.25, -0.2) is 0 Å². The number of carbonyl (C=O) groups is 1. The van der Waals surface area contributed by atoms with Crippen molar-refractivity contribution in [3.05, 3.63) is 24.3 Å². The Morgan fingerprint density at radius 1 is 1.25 bits per heavy atom. The molecule has 1 aliphatic rings. The highest BCUT2D eigenvalue weighted by Gasteiger charge is 2.18. The number of nitrogens with one attached hydrogen (secondary N) is 1. The molecule has 1 aromatic rings. The lowest BCUT2D eigenvalue weighted by atomic mass is 10.1. The smallest absolute Gasteiger partial charge is 0.226 e. The van der Waals surface area contributed by atoms with Crippen LogP contribution in [0.25, 0.3) is 0 Å². The van der Waals surface area contributed by atoms with E-state index >= 15 is 0 Å². The van der Waals surface area contributed by atoms with Crippen molar-refractivity contribution in [1.82, 2.24) is 0 Å². The van der Waals surface area contributed by atoms with Gasteiger partial charge < -0.3 is 15.0 Å². The molecule has 4 heteroatoms. The van der Waals surface area contributed by atoms with Crippen LogP contribution < -0.4 is 10.2 Å². The second-order valence-corrected chi connectivity index (χ2v) is 5.61. The summed E-state index contributed by atoms with van der Waals surface area (Å²) in [5, 5.41) is 2.91. The Kier molecular flexibility index (Phi) is 5.01. The quantitative estimate of drug-likeness (QED) is 0.919. The molecular weight excluding hydrogens is 252 g/mol. The van der Waals surface area contributed by atoms with Crippen molar-refractivity contribution >= 4 is 17.3 Å². The molecule has 1 amide bonds.